The Hall–Kier alpha value is -1.77. The first-order valence-electron chi connectivity index (χ1n) is 7.90. The normalized spacial score (nSPS) is 15.1. The number of nitrogens with zero attached hydrogens (tertiary/aromatic N) is 2. The largest absolute Gasteiger partial charge is 0.287 e. The Kier molecular flexibility index (Phi) is 6.76. The molecule has 1 aliphatic rings. The molecule has 0 heterocycles. The van der Waals surface area contributed by atoms with E-state index in [-0.39, 0.29) is 26.5 Å². The van der Waals surface area contributed by atoms with Crippen molar-refractivity contribution in [2.45, 2.75) is 4.90 Å². The van der Waals surface area contributed by atoms with Gasteiger partial charge in [-0.05, 0) is 60.7 Å². The molecule has 29 heavy (non-hydrogen) atoms. The molecule has 0 saturated carbocycles. The highest BCUT2D eigenvalue weighted by atomic mass is 79.9. The minimum Gasteiger partial charge on any atom is -0.287 e. The van der Waals surface area contributed by atoms with E-state index in [4.69, 9.17) is 34.8 Å². The van der Waals surface area contributed by atoms with Gasteiger partial charge in [-0.25, -0.2) is 4.99 Å². The molecule has 0 bridgehead atoms. The fourth-order valence-electron chi connectivity index (χ4n) is 2.24. The van der Waals surface area contributed by atoms with Gasteiger partial charge in [-0.2, -0.15) is 8.42 Å². The quantitative estimate of drug-likeness (QED) is 0.297. The minimum atomic E-state index is -4.07. The van der Waals surface area contributed by atoms with E-state index in [9.17, 15) is 13.2 Å². The van der Waals surface area contributed by atoms with Gasteiger partial charge in [0.05, 0.1) is 20.7 Å². The van der Waals surface area contributed by atoms with Gasteiger partial charge in [0.1, 0.15) is 0 Å². The van der Waals surface area contributed by atoms with Crippen LogP contribution in [0.25, 0.3) is 0 Å². The van der Waals surface area contributed by atoms with E-state index in [1.54, 1.807) is 36.4 Å². The summed E-state index contributed by atoms with van der Waals surface area (Å²) in [5, 5.41) is 0.190. The van der Waals surface area contributed by atoms with Gasteiger partial charge in [0.2, 0.25) is 5.78 Å². The van der Waals surface area contributed by atoms with Crippen LogP contribution in [0.15, 0.2) is 89.5 Å². The molecule has 0 spiro atoms. The Morgan fingerprint density at radius 1 is 0.862 bits per heavy atom. The summed E-state index contributed by atoms with van der Waals surface area (Å²) in [6, 6.07) is 12.3. The highest BCUT2D eigenvalue weighted by Gasteiger charge is 2.20. The van der Waals surface area contributed by atoms with Crippen LogP contribution in [-0.4, -0.2) is 25.7 Å². The third-order valence-corrected chi connectivity index (χ3v) is 6.26. The van der Waals surface area contributed by atoms with Crippen molar-refractivity contribution >= 4 is 78.1 Å². The molecule has 0 N–H and O–H groups in total. The van der Waals surface area contributed by atoms with E-state index in [0.717, 1.165) is 4.47 Å². The number of aliphatic imine (C=N–C) groups is 1. The average molecular weight is 533 g/mol. The first-order chi connectivity index (χ1) is 13.7. The van der Waals surface area contributed by atoms with Gasteiger partial charge in [0.15, 0.2) is 5.84 Å². The second kappa shape index (κ2) is 8.93. The Morgan fingerprint density at radius 2 is 1.41 bits per heavy atom. The van der Waals surface area contributed by atoms with Gasteiger partial charge in [0.25, 0.3) is 10.0 Å². The molecular formula is C19H10BrCl3N2O3S. The zero-order valence-electron chi connectivity index (χ0n) is 14.3. The number of sulfonamides is 1. The van der Waals surface area contributed by atoms with Gasteiger partial charge in [-0.15, -0.1) is 4.40 Å². The SMILES string of the molecule is O=C1C(Cl)=CC(=N/C(=N/S(=O)(=O)c2ccc(Br)cc2)c2ccc(Cl)cc2)C=C1Cl. The van der Waals surface area contributed by atoms with Crippen molar-refractivity contribution in [3.05, 3.63) is 85.8 Å². The van der Waals surface area contributed by atoms with Crippen LogP contribution in [0.2, 0.25) is 5.02 Å². The summed E-state index contributed by atoms with van der Waals surface area (Å²) in [6.45, 7) is 0. The number of amidine groups is 1. The number of halogens is 4. The smallest absolute Gasteiger partial charge is 0.284 e. The molecule has 2 aromatic carbocycles. The molecule has 0 aliphatic heterocycles. The topological polar surface area (TPSA) is 75.9 Å². The van der Waals surface area contributed by atoms with Crippen LogP contribution >= 0.6 is 50.7 Å². The molecule has 3 rings (SSSR count). The van der Waals surface area contributed by atoms with Crippen LogP contribution in [0.4, 0.5) is 0 Å². The summed E-state index contributed by atoms with van der Waals surface area (Å²) in [5.41, 5.74) is 0.577. The zero-order valence-corrected chi connectivity index (χ0v) is 19.0. The molecule has 0 atom stereocenters. The number of carbonyl (C=O) groups is 1. The van der Waals surface area contributed by atoms with E-state index in [1.165, 1.54) is 24.3 Å². The second-order valence-electron chi connectivity index (χ2n) is 5.70. The average Bonchev–Trinajstić information content (AvgIpc) is 2.66. The summed E-state index contributed by atoms with van der Waals surface area (Å²) in [5.74, 6) is -0.657. The molecule has 0 radical (unpaired) electrons. The highest BCUT2D eigenvalue weighted by molar-refractivity contribution is 9.10. The van der Waals surface area contributed by atoms with Crippen LogP contribution in [-0.2, 0) is 14.8 Å². The van der Waals surface area contributed by atoms with Gasteiger partial charge in [0, 0.05) is 15.1 Å². The molecule has 0 fully saturated rings. The summed E-state index contributed by atoms with van der Waals surface area (Å²) in [4.78, 5) is 16.0. The fraction of sp³-hybridized carbons (Fsp3) is 0. The molecule has 0 saturated heterocycles. The van der Waals surface area contributed by atoms with Crippen molar-refractivity contribution in [2.24, 2.45) is 9.39 Å². The van der Waals surface area contributed by atoms with E-state index in [2.05, 4.69) is 25.3 Å². The number of hydrogen-bond acceptors (Lipinski definition) is 3. The molecule has 2 aromatic rings. The lowest BCUT2D eigenvalue weighted by atomic mass is 10.1. The zero-order chi connectivity index (χ0) is 21.2. The first-order valence-corrected chi connectivity index (χ1v) is 11.3. The lowest BCUT2D eigenvalue weighted by Crippen LogP contribution is -2.11. The molecule has 148 valence electrons. The van der Waals surface area contributed by atoms with Crippen molar-refractivity contribution in [1.29, 1.82) is 0 Å². The number of hydrogen-bond donors (Lipinski definition) is 0. The predicted molar refractivity (Wildman–Crippen MR) is 120 cm³/mol. The standard InChI is InChI=1S/C19H10BrCl3N2O3S/c20-12-3-7-15(8-4-12)29(27,28)25-19(11-1-5-13(21)6-2-11)24-14-9-16(22)18(26)17(23)10-14/h1-10H/b25-19+. The van der Waals surface area contributed by atoms with Gasteiger partial charge in [-0.3, -0.25) is 4.79 Å². The van der Waals surface area contributed by atoms with E-state index < -0.39 is 15.8 Å². The van der Waals surface area contributed by atoms with Crippen LogP contribution in [0.3, 0.4) is 0 Å². The Balaban J connectivity index is 2.15. The van der Waals surface area contributed by atoms with Gasteiger partial charge < -0.3 is 0 Å². The van der Waals surface area contributed by atoms with Crippen molar-refractivity contribution in [3.63, 3.8) is 0 Å². The third-order valence-electron chi connectivity index (χ3n) is 3.64. The maximum atomic E-state index is 12.8. The monoisotopic (exact) mass is 530 g/mol. The van der Waals surface area contributed by atoms with Crippen LogP contribution < -0.4 is 0 Å². The number of allylic oxidation sites excluding steroid dienone is 4. The van der Waals surface area contributed by atoms with Crippen LogP contribution in [0.1, 0.15) is 5.56 Å². The number of carbonyl (C=O) groups excluding carboxylic acids is 1. The second-order valence-corrected chi connectivity index (χ2v) is 9.47. The predicted octanol–water partition coefficient (Wildman–Crippen LogP) is 5.51. The molecule has 0 amide bonds. The molecule has 1 aliphatic carbocycles. The van der Waals surface area contributed by atoms with E-state index >= 15 is 0 Å². The lowest BCUT2D eigenvalue weighted by Gasteiger charge is -2.08. The Morgan fingerprint density at radius 3 is 1.97 bits per heavy atom. The van der Waals surface area contributed by atoms with Crippen LogP contribution in [0.5, 0.6) is 0 Å². The molecular weight excluding hydrogens is 523 g/mol. The van der Waals surface area contributed by atoms with E-state index in [1.807, 2.05) is 0 Å². The summed E-state index contributed by atoms with van der Waals surface area (Å²) in [6.07, 6.45) is 2.57. The number of Topliss-reactive ketones (excluding diaryl/α,β-unsaturated/α-hetero) is 1. The first kappa shape index (κ1) is 21.9. The van der Waals surface area contributed by atoms with Crippen molar-refractivity contribution in [3.8, 4) is 0 Å². The number of benzene rings is 2. The Labute approximate surface area is 190 Å². The minimum absolute atomic E-state index is 0.00617. The summed E-state index contributed by atoms with van der Waals surface area (Å²) in [7, 11) is -4.07. The van der Waals surface area contributed by atoms with E-state index in [0.29, 0.717) is 10.6 Å². The molecule has 10 heteroatoms. The van der Waals surface area contributed by atoms with Gasteiger partial charge in [-0.1, -0.05) is 50.7 Å². The maximum absolute atomic E-state index is 12.8. The van der Waals surface area contributed by atoms with Gasteiger partial charge >= 0.3 is 0 Å². The Bertz CT molecular complexity index is 1180. The van der Waals surface area contributed by atoms with Crippen LogP contribution in [0, 0.1) is 0 Å². The van der Waals surface area contributed by atoms with Crippen molar-refractivity contribution < 1.29 is 13.2 Å². The molecule has 0 unspecified atom stereocenters. The fourth-order valence-corrected chi connectivity index (χ4v) is 4.07. The number of rotatable bonds is 3. The molecule has 5 nitrogen and oxygen atoms in total. The summed E-state index contributed by atoms with van der Waals surface area (Å²) < 4.78 is 30.2. The molecule has 0 aromatic heterocycles. The number of ketones is 1. The maximum Gasteiger partial charge on any atom is 0.284 e. The lowest BCUT2D eigenvalue weighted by molar-refractivity contribution is -0.111. The highest BCUT2D eigenvalue weighted by Crippen LogP contribution is 2.22. The van der Waals surface area contributed by atoms with Crippen molar-refractivity contribution in [1.82, 2.24) is 0 Å². The third kappa shape index (κ3) is 5.43. The summed E-state index contributed by atoms with van der Waals surface area (Å²) >= 11 is 20.9. The van der Waals surface area contributed by atoms with Crippen molar-refractivity contribution in [2.75, 3.05) is 0 Å².